The third-order valence-electron chi connectivity index (χ3n) is 3.67. The first kappa shape index (κ1) is 22.0. The van der Waals surface area contributed by atoms with E-state index in [1.165, 1.54) is 19.1 Å². The maximum Gasteiger partial charge on any atom is 0.408 e. The van der Waals surface area contributed by atoms with Gasteiger partial charge in [-0.15, -0.1) is 0 Å². The number of hydrogen-bond acceptors (Lipinski definition) is 3. The number of carbonyl (C=O) groups excluding carboxylic acids is 2. The highest BCUT2D eigenvalue weighted by molar-refractivity contribution is 5.87. The van der Waals surface area contributed by atoms with Gasteiger partial charge in [-0.2, -0.15) is 8.78 Å². The summed E-state index contributed by atoms with van der Waals surface area (Å²) < 4.78 is 48.5. The van der Waals surface area contributed by atoms with Crippen LogP contribution in [-0.4, -0.2) is 17.5 Å². The van der Waals surface area contributed by atoms with Crippen molar-refractivity contribution in [3.05, 3.63) is 35.1 Å². The third kappa shape index (κ3) is 5.75. The Bertz CT molecular complexity index is 654. The molecule has 0 spiro atoms. The van der Waals surface area contributed by atoms with E-state index in [2.05, 4.69) is 5.32 Å². The first-order valence-electron chi connectivity index (χ1n) is 8.59. The van der Waals surface area contributed by atoms with E-state index < -0.39 is 40.8 Å². The van der Waals surface area contributed by atoms with Crippen LogP contribution >= 0.6 is 0 Å². The minimum Gasteiger partial charge on any atom is -0.444 e. The van der Waals surface area contributed by atoms with E-state index in [0.29, 0.717) is 12.8 Å². The summed E-state index contributed by atoms with van der Waals surface area (Å²) in [5.74, 6) is -6.44. The van der Waals surface area contributed by atoms with Gasteiger partial charge in [-0.25, -0.2) is 9.18 Å². The molecule has 1 aromatic rings. The zero-order valence-electron chi connectivity index (χ0n) is 15.8. The molecule has 0 saturated heterocycles. The molecule has 1 amide bonds. The minimum absolute atomic E-state index is 0.142. The second kappa shape index (κ2) is 8.56. The Balaban J connectivity index is 3.05. The molecule has 0 heterocycles. The molecule has 26 heavy (non-hydrogen) atoms. The molecular weight excluding hydrogens is 347 g/mol. The molecular formula is C19H26F3NO3. The van der Waals surface area contributed by atoms with Crippen LogP contribution < -0.4 is 5.32 Å². The molecule has 7 heteroatoms. The fourth-order valence-electron chi connectivity index (χ4n) is 2.33. The predicted octanol–water partition coefficient (Wildman–Crippen LogP) is 5.26. The van der Waals surface area contributed by atoms with Gasteiger partial charge in [0.25, 0.3) is 0 Å². The Kier molecular flexibility index (Phi) is 7.24. The number of benzene rings is 1. The van der Waals surface area contributed by atoms with E-state index in [4.69, 9.17) is 4.74 Å². The smallest absolute Gasteiger partial charge is 0.408 e. The molecule has 1 atom stereocenters. The van der Waals surface area contributed by atoms with Crippen molar-refractivity contribution in [3.63, 3.8) is 0 Å². The van der Waals surface area contributed by atoms with Crippen LogP contribution in [0.2, 0.25) is 0 Å². The predicted molar refractivity (Wildman–Crippen MR) is 92.6 cm³/mol. The van der Waals surface area contributed by atoms with Crippen molar-refractivity contribution in [3.8, 4) is 0 Å². The molecule has 0 aliphatic carbocycles. The summed E-state index contributed by atoms with van der Waals surface area (Å²) in [5, 5.41) is 2.40. The minimum atomic E-state index is -3.92. The van der Waals surface area contributed by atoms with Crippen LogP contribution in [0.15, 0.2) is 18.2 Å². The Morgan fingerprint density at radius 1 is 1.23 bits per heavy atom. The molecule has 0 unspecified atom stereocenters. The summed E-state index contributed by atoms with van der Waals surface area (Å²) in [6.07, 6.45) is -0.215. The molecule has 0 saturated carbocycles. The van der Waals surface area contributed by atoms with E-state index in [9.17, 15) is 22.8 Å². The molecule has 0 bridgehead atoms. The maximum absolute atomic E-state index is 14.7. The van der Waals surface area contributed by atoms with Crippen molar-refractivity contribution < 1.29 is 27.5 Å². The number of ketones is 1. The van der Waals surface area contributed by atoms with Gasteiger partial charge in [0.1, 0.15) is 11.4 Å². The summed E-state index contributed by atoms with van der Waals surface area (Å²) in [7, 11) is 0. The van der Waals surface area contributed by atoms with Crippen molar-refractivity contribution in [2.24, 2.45) is 0 Å². The van der Waals surface area contributed by atoms with E-state index in [-0.39, 0.29) is 12.0 Å². The summed E-state index contributed by atoms with van der Waals surface area (Å²) in [5.41, 5.74) is -1.87. The molecule has 0 fully saturated rings. The lowest BCUT2D eigenvalue weighted by molar-refractivity contribution is -0.145. The summed E-state index contributed by atoms with van der Waals surface area (Å²) in [6.45, 7) is 8.22. The van der Waals surface area contributed by atoms with Gasteiger partial charge >= 0.3 is 12.0 Å². The number of halogens is 3. The van der Waals surface area contributed by atoms with Crippen molar-refractivity contribution in [2.75, 3.05) is 0 Å². The standard InChI is InChI=1S/C19H26F3NO3/c1-6-7-11-15(24)19(21,22)14-10-8-9-13(16(14)20)12(2)23-17(25)26-18(3,4)5/h8-10,12H,6-7,11H2,1-5H3,(H,23,25)/t12-/m1/s1. The number of amides is 1. The lowest BCUT2D eigenvalue weighted by Crippen LogP contribution is -2.34. The van der Waals surface area contributed by atoms with Crippen LogP contribution in [0.1, 0.15) is 71.0 Å². The van der Waals surface area contributed by atoms with E-state index >= 15 is 0 Å². The van der Waals surface area contributed by atoms with Gasteiger partial charge in [0.2, 0.25) is 5.78 Å². The third-order valence-corrected chi connectivity index (χ3v) is 3.67. The molecule has 1 rings (SSSR count). The lowest BCUT2D eigenvalue weighted by atomic mass is 9.96. The van der Waals surface area contributed by atoms with Gasteiger partial charge in [0.05, 0.1) is 11.6 Å². The molecule has 1 aromatic carbocycles. The van der Waals surface area contributed by atoms with E-state index in [1.54, 1.807) is 27.7 Å². The van der Waals surface area contributed by atoms with Crippen LogP contribution in [-0.2, 0) is 15.5 Å². The highest BCUT2D eigenvalue weighted by Crippen LogP contribution is 2.35. The van der Waals surface area contributed by atoms with Crippen molar-refractivity contribution in [1.29, 1.82) is 0 Å². The number of carbonyl (C=O) groups is 2. The normalized spacial score (nSPS) is 13.2. The van der Waals surface area contributed by atoms with Crippen LogP contribution in [0.3, 0.4) is 0 Å². The Hall–Kier alpha value is -2.05. The SMILES string of the molecule is CCCCC(=O)C(F)(F)c1cccc([C@@H](C)NC(=O)OC(C)(C)C)c1F. The topological polar surface area (TPSA) is 55.4 Å². The van der Waals surface area contributed by atoms with Gasteiger partial charge in [-0.05, 0) is 40.2 Å². The summed E-state index contributed by atoms with van der Waals surface area (Å²) in [4.78, 5) is 23.6. The molecule has 0 radical (unpaired) electrons. The molecule has 0 aliphatic heterocycles. The molecule has 1 N–H and O–H groups in total. The van der Waals surface area contributed by atoms with Gasteiger partial charge in [0.15, 0.2) is 0 Å². The zero-order valence-corrected chi connectivity index (χ0v) is 15.8. The van der Waals surface area contributed by atoms with Crippen molar-refractivity contribution >= 4 is 11.9 Å². The number of nitrogens with one attached hydrogen (secondary N) is 1. The van der Waals surface area contributed by atoms with E-state index in [0.717, 1.165) is 6.07 Å². The first-order valence-corrected chi connectivity index (χ1v) is 8.59. The highest BCUT2D eigenvalue weighted by Gasteiger charge is 2.42. The highest BCUT2D eigenvalue weighted by atomic mass is 19.3. The average Bonchev–Trinajstić information content (AvgIpc) is 2.50. The maximum atomic E-state index is 14.7. The van der Waals surface area contributed by atoms with Gasteiger partial charge in [-0.3, -0.25) is 4.79 Å². The Morgan fingerprint density at radius 2 is 1.85 bits per heavy atom. The number of unbranched alkanes of at least 4 members (excludes halogenated alkanes) is 1. The Labute approximate surface area is 152 Å². The number of rotatable bonds is 7. The molecule has 146 valence electrons. The van der Waals surface area contributed by atoms with Crippen LogP contribution in [0, 0.1) is 5.82 Å². The fourth-order valence-corrected chi connectivity index (χ4v) is 2.33. The summed E-state index contributed by atoms with van der Waals surface area (Å²) >= 11 is 0. The van der Waals surface area contributed by atoms with Crippen LogP contribution in [0.25, 0.3) is 0 Å². The monoisotopic (exact) mass is 373 g/mol. The fraction of sp³-hybridized carbons (Fsp3) is 0.579. The zero-order chi connectivity index (χ0) is 20.1. The van der Waals surface area contributed by atoms with Crippen LogP contribution in [0.5, 0.6) is 0 Å². The van der Waals surface area contributed by atoms with E-state index in [1.807, 2.05) is 0 Å². The average molecular weight is 373 g/mol. The number of alkyl halides is 2. The number of hydrogen-bond donors (Lipinski definition) is 1. The van der Waals surface area contributed by atoms with Crippen molar-refractivity contribution in [2.45, 2.75) is 71.4 Å². The quantitative estimate of drug-likeness (QED) is 0.709. The number of alkyl carbamates (subject to hydrolysis) is 1. The van der Waals surface area contributed by atoms with Gasteiger partial charge < -0.3 is 10.1 Å². The first-order chi connectivity index (χ1) is 11.9. The second-order valence-electron chi connectivity index (χ2n) is 7.18. The largest absolute Gasteiger partial charge is 0.444 e. The lowest BCUT2D eigenvalue weighted by Gasteiger charge is -2.23. The van der Waals surface area contributed by atoms with Gasteiger partial charge in [-0.1, -0.05) is 25.5 Å². The molecule has 4 nitrogen and oxygen atoms in total. The number of Topliss-reactive ketones (excluding diaryl/α,β-unsaturated/α-hetero) is 1. The number of ether oxygens (including phenoxy) is 1. The van der Waals surface area contributed by atoms with Crippen LogP contribution in [0.4, 0.5) is 18.0 Å². The summed E-state index contributed by atoms with van der Waals surface area (Å²) in [6, 6.07) is 2.50. The molecule has 0 aromatic heterocycles. The van der Waals surface area contributed by atoms with Gasteiger partial charge in [0, 0.05) is 12.0 Å². The second-order valence-corrected chi connectivity index (χ2v) is 7.18. The van der Waals surface area contributed by atoms with Crippen molar-refractivity contribution in [1.82, 2.24) is 5.32 Å². The Morgan fingerprint density at radius 3 is 2.38 bits per heavy atom. The molecule has 0 aliphatic rings.